The van der Waals surface area contributed by atoms with E-state index in [0.29, 0.717) is 5.69 Å². The molecule has 21 heavy (non-hydrogen) atoms. The first-order valence-corrected chi connectivity index (χ1v) is 8.54. The Bertz CT molecular complexity index is 754. The predicted octanol–water partition coefficient (Wildman–Crippen LogP) is 1.83. The maximum absolute atomic E-state index is 12.4. The van der Waals surface area contributed by atoms with Crippen LogP contribution in [0.1, 0.15) is 16.1 Å². The van der Waals surface area contributed by atoms with Gasteiger partial charge in [-0.2, -0.15) is 0 Å². The molecule has 0 aliphatic rings. The van der Waals surface area contributed by atoms with Gasteiger partial charge in [0.15, 0.2) is 0 Å². The van der Waals surface area contributed by atoms with Crippen LogP contribution in [0.5, 0.6) is 5.75 Å². The number of benzene rings is 1. The van der Waals surface area contributed by atoms with Crippen molar-refractivity contribution in [1.29, 1.82) is 0 Å². The van der Waals surface area contributed by atoms with E-state index in [9.17, 15) is 8.42 Å². The van der Waals surface area contributed by atoms with Gasteiger partial charge in [0.1, 0.15) is 10.6 Å². The van der Waals surface area contributed by atoms with E-state index in [1.54, 1.807) is 18.5 Å². The Morgan fingerprint density at radius 2 is 2.10 bits per heavy atom. The first kappa shape index (κ1) is 15.7. The van der Waals surface area contributed by atoms with E-state index in [-0.39, 0.29) is 17.2 Å². The molecule has 2 aromatic rings. The van der Waals surface area contributed by atoms with Gasteiger partial charge in [0.05, 0.1) is 18.3 Å². The average molecular weight is 327 g/mol. The SMILES string of the molecule is COc1cc(C)c(N)cc1S(=O)(=O)NCc1scnc1C. The number of nitrogens with zero attached hydrogens (tertiary/aromatic N) is 1. The second-order valence-electron chi connectivity index (χ2n) is 4.55. The number of anilines is 1. The largest absolute Gasteiger partial charge is 0.495 e. The normalized spacial score (nSPS) is 11.6. The quantitative estimate of drug-likeness (QED) is 0.817. The van der Waals surface area contributed by atoms with E-state index in [1.165, 1.54) is 24.5 Å². The molecule has 8 heteroatoms. The minimum absolute atomic E-state index is 0.0373. The maximum Gasteiger partial charge on any atom is 0.244 e. The number of nitrogens with one attached hydrogen (secondary N) is 1. The standard InChI is InChI=1S/C13H17N3O3S2/c1-8-4-11(19-3)13(5-10(8)14)21(17,18)16-6-12-9(2)15-7-20-12/h4-5,7,16H,6,14H2,1-3H3. The topological polar surface area (TPSA) is 94.3 Å². The van der Waals surface area contributed by atoms with Gasteiger partial charge in [0, 0.05) is 17.1 Å². The summed E-state index contributed by atoms with van der Waals surface area (Å²) >= 11 is 1.41. The lowest BCUT2D eigenvalue weighted by Crippen LogP contribution is -2.24. The van der Waals surface area contributed by atoms with E-state index in [1.807, 2.05) is 6.92 Å². The highest BCUT2D eigenvalue weighted by Crippen LogP contribution is 2.29. The summed E-state index contributed by atoms with van der Waals surface area (Å²) in [6.45, 7) is 3.82. The van der Waals surface area contributed by atoms with Gasteiger partial charge in [-0.05, 0) is 31.5 Å². The van der Waals surface area contributed by atoms with E-state index < -0.39 is 10.0 Å². The smallest absolute Gasteiger partial charge is 0.244 e. The van der Waals surface area contributed by atoms with Crippen molar-refractivity contribution in [2.75, 3.05) is 12.8 Å². The van der Waals surface area contributed by atoms with Crippen molar-refractivity contribution in [1.82, 2.24) is 9.71 Å². The van der Waals surface area contributed by atoms with E-state index >= 15 is 0 Å². The molecule has 0 aliphatic heterocycles. The summed E-state index contributed by atoms with van der Waals surface area (Å²) in [5.74, 6) is 0.273. The number of aryl methyl sites for hydroxylation is 2. The van der Waals surface area contributed by atoms with Crippen LogP contribution in [0, 0.1) is 13.8 Å². The van der Waals surface area contributed by atoms with Gasteiger partial charge in [-0.15, -0.1) is 11.3 Å². The molecule has 0 unspecified atom stereocenters. The van der Waals surface area contributed by atoms with Crippen molar-refractivity contribution >= 4 is 27.0 Å². The van der Waals surface area contributed by atoms with Crippen molar-refractivity contribution in [3.05, 3.63) is 33.8 Å². The third-order valence-corrected chi connectivity index (χ3v) is 5.47. The third-order valence-electron chi connectivity index (χ3n) is 3.11. The molecule has 0 atom stereocenters. The Morgan fingerprint density at radius 3 is 2.67 bits per heavy atom. The van der Waals surface area contributed by atoms with Crippen LogP contribution in [-0.2, 0) is 16.6 Å². The summed E-state index contributed by atoms with van der Waals surface area (Å²) in [6.07, 6.45) is 0. The molecule has 6 nitrogen and oxygen atoms in total. The zero-order chi connectivity index (χ0) is 15.6. The van der Waals surface area contributed by atoms with Crippen LogP contribution < -0.4 is 15.2 Å². The molecule has 0 amide bonds. The molecular formula is C13H17N3O3S2. The number of methoxy groups -OCH3 is 1. The minimum Gasteiger partial charge on any atom is -0.495 e. The van der Waals surface area contributed by atoms with Gasteiger partial charge in [-0.1, -0.05) is 0 Å². The third kappa shape index (κ3) is 3.34. The zero-order valence-corrected chi connectivity index (χ0v) is 13.6. The van der Waals surface area contributed by atoms with Crippen molar-refractivity contribution in [2.45, 2.75) is 25.3 Å². The second-order valence-corrected chi connectivity index (χ2v) is 7.22. The van der Waals surface area contributed by atoms with Crippen molar-refractivity contribution in [3.8, 4) is 5.75 Å². The number of nitrogens with two attached hydrogens (primary N) is 1. The molecule has 2 rings (SSSR count). The van der Waals surface area contributed by atoms with Crippen LogP contribution in [0.3, 0.4) is 0 Å². The molecule has 0 bridgehead atoms. The van der Waals surface area contributed by atoms with Crippen molar-refractivity contribution in [3.63, 3.8) is 0 Å². The molecule has 0 radical (unpaired) electrons. The highest BCUT2D eigenvalue weighted by molar-refractivity contribution is 7.89. The van der Waals surface area contributed by atoms with E-state index in [4.69, 9.17) is 10.5 Å². The van der Waals surface area contributed by atoms with Gasteiger partial charge in [0.2, 0.25) is 10.0 Å². The van der Waals surface area contributed by atoms with Gasteiger partial charge < -0.3 is 10.5 Å². The molecular weight excluding hydrogens is 310 g/mol. The van der Waals surface area contributed by atoms with Crippen LogP contribution in [0.15, 0.2) is 22.5 Å². The van der Waals surface area contributed by atoms with Crippen LogP contribution in [0.2, 0.25) is 0 Å². The lowest BCUT2D eigenvalue weighted by atomic mass is 10.2. The first-order valence-electron chi connectivity index (χ1n) is 6.18. The van der Waals surface area contributed by atoms with Crippen molar-refractivity contribution < 1.29 is 13.2 Å². The average Bonchev–Trinajstić information content (AvgIpc) is 2.84. The summed E-state index contributed by atoms with van der Waals surface area (Å²) in [6, 6.07) is 3.03. The monoisotopic (exact) mass is 327 g/mol. The number of sulfonamides is 1. The Labute approximate surface area is 128 Å². The number of aromatic nitrogens is 1. The Morgan fingerprint density at radius 1 is 1.38 bits per heavy atom. The molecule has 3 N–H and O–H groups in total. The highest BCUT2D eigenvalue weighted by Gasteiger charge is 2.21. The molecule has 1 aromatic carbocycles. The predicted molar refractivity (Wildman–Crippen MR) is 83.0 cm³/mol. The molecule has 0 aliphatic carbocycles. The Hall–Kier alpha value is -1.64. The molecule has 114 valence electrons. The van der Waals surface area contributed by atoms with Gasteiger partial charge in [0.25, 0.3) is 0 Å². The van der Waals surface area contributed by atoms with Crippen LogP contribution in [-0.4, -0.2) is 20.5 Å². The maximum atomic E-state index is 12.4. The van der Waals surface area contributed by atoms with Gasteiger partial charge >= 0.3 is 0 Å². The van der Waals surface area contributed by atoms with E-state index in [2.05, 4.69) is 9.71 Å². The minimum atomic E-state index is -3.71. The summed E-state index contributed by atoms with van der Waals surface area (Å²) in [5.41, 5.74) is 9.48. The number of thiazole rings is 1. The number of hydrogen-bond donors (Lipinski definition) is 2. The van der Waals surface area contributed by atoms with E-state index in [0.717, 1.165) is 16.1 Å². The number of hydrogen-bond acceptors (Lipinski definition) is 6. The van der Waals surface area contributed by atoms with Crippen molar-refractivity contribution in [2.24, 2.45) is 0 Å². The van der Waals surface area contributed by atoms with Crippen LogP contribution in [0.25, 0.3) is 0 Å². The van der Waals surface area contributed by atoms with Gasteiger partial charge in [-0.3, -0.25) is 0 Å². The highest BCUT2D eigenvalue weighted by atomic mass is 32.2. The molecule has 0 saturated carbocycles. The fraction of sp³-hybridized carbons (Fsp3) is 0.308. The number of nitrogen functional groups attached to an aromatic ring is 1. The molecule has 1 heterocycles. The lowest BCUT2D eigenvalue weighted by Gasteiger charge is -2.12. The number of ether oxygens (including phenoxy) is 1. The Kier molecular flexibility index (Phi) is 4.50. The Balaban J connectivity index is 2.31. The molecule has 0 saturated heterocycles. The summed E-state index contributed by atoms with van der Waals surface area (Å²) < 4.78 is 32.5. The molecule has 1 aromatic heterocycles. The van der Waals surface area contributed by atoms with Crippen LogP contribution >= 0.6 is 11.3 Å². The summed E-state index contributed by atoms with van der Waals surface area (Å²) in [4.78, 5) is 5.00. The zero-order valence-electron chi connectivity index (χ0n) is 12.0. The van der Waals surface area contributed by atoms with Gasteiger partial charge in [-0.25, -0.2) is 18.1 Å². The van der Waals surface area contributed by atoms with Crippen LogP contribution in [0.4, 0.5) is 5.69 Å². The fourth-order valence-electron chi connectivity index (χ4n) is 1.78. The summed E-state index contributed by atoms with van der Waals surface area (Å²) in [7, 11) is -2.28. The number of rotatable bonds is 5. The molecule has 0 spiro atoms. The molecule has 0 fully saturated rings. The lowest BCUT2D eigenvalue weighted by molar-refractivity contribution is 0.402. The summed E-state index contributed by atoms with van der Waals surface area (Å²) in [5, 5.41) is 0. The first-order chi connectivity index (χ1) is 9.85. The fourth-order valence-corrected chi connectivity index (χ4v) is 3.77. The second kappa shape index (κ2) is 6.00.